The molecule has 134 valence electrons. The molecule has 0 fully saturated rings. The van der Waals surface area contributed by atoms with Crippen molar-refractivity contribution in [2.24, 2.45) is 0 Å². The van der Waals surface area contributed by atoms with Crippen LogP contribution in [-0.2, 0) is 6.54 Å². The van der Waals surface area contributed by atoms with Gasteiger partial charge in [0.1, 0.15) is 22.9 Å². The van der Waals surface area contributed by atoms with Crippen molar-refractivity contribution in [3.05, 3.63) is 70.0 Å². The third kappa shape index (κ3) is 3.15. The molecule has 1 heterocycles. The summed E-state index contributed by atoms with van der Waals surface area (Å²) in [6, 6.07) is 7.80. The molecule has 2 aromatic carbocycles. The molecule has 0 saturated heterocycles. The van der Waals surface area contributed by atoms with E-state index in [4.69, 9.17) is 4.74 Å². The Balaban J connectivity index is 2.10. The van der Waals surface area contributed by atoms with E-state index in [1.807, 2.05) is 6.92 Å². The standard InChI is InChI=1S/C19H16F2N2O3/c1-3-23-10-14(18(24)13-9-12(26-2)5-7-17(13)23)19(25)22-16-6-4-11(20)8-15(16)21/h4-10H,3H2,1-2H3,(H,22,25). The van der Waals surface area contributed by atoms with E-state index in [1.165, 1.54) is 13.3 Å². The number of fused-ring (bicyclic) bond motifs is 1. The van der Waals surface area contributed by atoms with Gasteiger partial charge >= 0.3 is 0 Å². The molecule has 3 rings (SSSR count). The van der Waals surface area contributed by atoms with Crippen molar-refractivity contribution in [2.75, 3.05) is 12.4 Å². The quantitative estimate of drug-likeness (QED) is 0.776. The Morgan fingerprint density at radius 3 is 2.62 bits per heavy atom. The van der Waals surface area contributed by atoms with Crippen LogP contribution in [0.1, 0.15) is 17.3 Å². The van der Waals surface area contributed by atoms with E-state index in [9.17, 15) is 18.4 Å². The minimum absolute atomic E-state index is 0.142. The molecular weight excluding hydrogens is 342 g/mol. The van der Waals surface area contributed by atoms with Crippen molar-refractivity contribution in [3.8, 4) is 5.75 Å². The molecular formula is C19H16F2N2O3. The number of ether oxygens (including phenoxy) is 1. The predicted molar refractivity (Wildman–Crippen MR) is 94.7 cm³/mol. The van der Waals surface area contributed by atoms with E-state index in [2.05, 4.69) is 5.32 Å². The van der Waals surface area contributed by atoms with Gasteiger partial charge in [-0.15, -0.1) is 0 Å². The number of aromatic nitrogens is 1. The van der Waals surface area contributed by atoms with Gasteiger partial charge in [0.15, 0.2) is 0 Å². The van der Waals surface area contributed by atoms with Gasteiger partial charge in [-0.3, -0.25) is 9.59 Å². The maximum absolute atomic E-state index is 13.8. The topological polar surface area (TPSA) is 60.3 Å². The average Bonchev–Trinajstić information content (AvgIpc) is 2.64. The monoisotopic (exact) mass is 358 g/mol. The Bertz CT molecular complexity index is 1060. The van der Waals surface area contributed by atoms with Crippen LogP contribution in [0.3, 0.4) is 0 Å². The normalized spacial score (nSPS) is 10.8. The zero-order valence-electron chi connectivity index (χ0n) is 14.2. The number of halogens is 2. The lowest BCUT2D eigenvalue weighted by atomic mass is 10.1. The lowest BCUT2D eigenvalue weighted by Crippen LogP contribution is -2.24. The fourth-order valence-corrected chi connectivity index (χ4v) is 2.71. The summed E-state index contributed by atoms with van der Waals surface area (Å²) < 4.78 is 33.7. The zero-order valence-corrected chi connectivity index (χ0v) is 14.2. The highest BCUT2D eigenvalue weighted by atomic mass is 19.1. The first-order valence-corrected chi connectivity index (χ1v) is 7.92. The smallest absolute Gasteiger partial charge is 0.261 e. The first-order chi connectivity index (χ1) is 12.4. The maximum Gasteiger partial charge on any atom is 0.261 e. The molecule has 0 aliphatic rings. The van der Waals surface area contributed by atoms with Crippen molar-refractivity contribution in [1.29, 1.82) is 0 Å². The molecule has 0 radical (unpaired) electrons. The highest BCUT2D eigenvalue weighted by molar-refractivity contribution is 6.05. The van der Waals surface area contributed by atoms with Gasteiger partial charge in [-0.2, -0.15) is 0 Å². The molecule has 0 saturated carbocycles. The lowest BCUT2D eigenvalue weighted by Gasteiger charge is -2.13. The molecule has 1 aromatic heterocycles. The Morgan fingerprint density at radius 1 is 1.19 bits per heavy atom. The maximum atomic E-state index is 13.8. The van der Waals surface area contributed by atoms with Crippen LogP contribution in [-0.4, -0.2) is 17.6 Å². The second-order valence-electron chi connectivity index (χ2n) is 5.62. The number of rotatable bonds is 4. The first kappa shape index (κ1) is 17.6. The average molecular weight is 358 g/mol. The van der Waals surface area contributed by atoms with Crippen LogP contribution in [0.5, 0.6) is 5.75 Å². The number of methoxy groups -OCH3 is 1. The van der Waals surface area contributed by atoms with Crippen LogP contribution in [0.15, 0.2) is 47.4 Å². The molecule has 7 heteroatoms. The fraction of sp³-hybridized carbons (Fsp3) is 0.158. The lowest BCUT2D eigenvalue weighted by molar-refractivity contribution is 0.102. The second-order valence-corrected chi connectivity index (χ2v) is 5.62. The van der Waals surface area contributed by atoms with Crippen LogP contribution in [0, 0.1) is 11.6 Å². The van der Waals surface area contributed by atoms with E-state index in [0.29, 0.717) is 29.3 Å². The van der Waals surface area contributed by atoms with Crippen molar-refractivity contribution in [1.82, 2.24) is 4.57 Å². The fourth-order valence-electron chi connectivity index (χ4n) is 2.71. The second kappa shape index (κ2) is 6.95. The van der Waals surface area contributed by atoms with Crippen molar-refractivity contribution >= 4 is 22.5 Å². The van der Waals surface area contributed by atoms with E-state index in [-0.39, 0.29) is 11.3 Å². The Kier molecular flexibility index (Phi) is 4.71. The van der Waals surface area contributed by atoms with Crippen LogP contribution >= 0.6 is 0 Å². The summed E-state index contributed by atoms with van der Waals surface area (Å²) in [4.78, 5) is 25.3. The van der Waals surface area contributed by atoms with Crippen LogP contribution in [0.25, 0.3) is 10.9 Å². The number of carbonyl (C=O) groups excluding carboxylic acids is 1. The molecule has 26 heavy (non-hydrogen) atoms. The summed E-state index contributed by atoms with van der Waals surface area (Å²) in [5, 5.41) is 2.63. The van der Waals surface area contributed by atoms with Crippen molar-refractivity contribution < 1.29 is 18.3 Å². The molecule has 0 unspecified atom stereocenters. The van der Waals surface area contributed by atoms with Gasteiger partial charge in [0.05, 0.1) is 23.7 Å². The van der Waals surface area contributed by atoms with E-state index < -0.39 is 23.0 Å². The molecule has 0 bridgehead atoms. The number of anilines is 1. The summed E-state index contributed by atoms with van der Waals surface area (Å²) in [5.41, 5.74) is -0.188. The molecule has 0 spiro atoms. The number of aryl methyl sites for hydroxylation is 1. The largest absolute Gasteiger partial charge is 0.497 e. The molecule has 0 aliphatic heterocycles. The SMILES string of the molecule is CCn1cc(C(=O)Nc2ccc(F)cc2F)c(=O)c2cc(OC)ccc21. The Hall–Kier alpha value is -3.22. The summed E-state index contributed by atoms with van der Waals surface area (Å²) in [5.74, 6) is -1.96. The Morgan fingerprint density at radius 2 is 1.96 bits per heavy atom. The highest BCUT2D eigenvalue weighted by Gasteiger charge is 2.17. The highest BCUT2D eigenvalue weighted by Crippen LogP contribution is 2.20. The molecule has 0 aliphatic carbocycles. The molecule has 0 atom stereocenters. The van der Waals surface area contributed by atoms with Gasteiger partial charge in [-0.1, -0.05) is 0 Å². The van der Waals surface area contributed by atoms with Gasteiger partial charge in [0.2, 0.25) is 5.43 Å². The molecule has 3 aromatic rings. The Labute approximate surface area is 147 Å². The predicted octanol–water partition coefficient (Wildman–Crippen LogP) is 3.56. The third-order valence-electron chi connectivity index (χ3n) is 4.05. The minimum Gasteiger partial charge on any atom is -0.497 e. The zero-order chi connectivity index (χ0) is 18.8. The molecule has 1 amide bonds. The van der Waals surface area contributed by atoms with Crippen molar-refractivity contribution in [2.45, 2.75) is 13.5 Å². The van der Waals surface area contributed by atoms with Gasteiger partial charge in [-0.25, -0.2) is 8.78 Å². The van der Waals surface area contributed by atoms with E-state index in [1.54, 1.807) is 22.8 Å². The van der Waals surface area contributed by atoms with Gasteiger partial charge in [0, 0.05) is 18.8 Å². The van der Waals surface area contributed by atoms with Crippen molar-refractivity contribution in [3.63, 3.8) is 0 Å². The van der Waals surface area contributed by atoms with Crippen LogP contribution in [0.2, 0.25) is 0 Å². The summed E-state index contributed by atoms with van der Waals surface area (Å²) in [7, 11) is 1.48. The minimum atomic E-state index is -0.920. The summed E-state index contributed by atoms with van der Waals surface area (Å²) in [6.45, 7) is 2.39. The van der Waals surface area contributed by atoms with E-state index >= 15 is 0 Å². The van der Waals surface area contributed by atoms with E-state index in [0.717, 1.165) is 12.1 Å². The number of nitrogens with zero attached hydrogens (tertiary/aromatic N) is 1. The first-order valence-electron chi connectivity index (χ1n) is 7.92. The van der Waals surface area contributed by atoms with Gasteiger partial charge in [-0.05, 0) is 37.3 Å². The molecule has 1 N–H and O–H groups in total. The number of carbonyl (C=O) groups is 1. The number of pyridine rings is 1. The molecule has 5 nitrogen and oxygen atoms in total. The van der Waals surface area contributed by atoms with Crippen LogP contribution < -0.4 is 15.5 Å². The number of hydrogen-bond donors (Lipinski definition) is 1. The van der Waals surface area contributed by atoms with Gasteiger partial charge in [0.25, 0.3) is 5.91 Å². The number of hydrogen-bond acceptors (Lipinski definition) is 3. The number of nitrogens with one attached hydrogen (secondary N) is 1. The summed E-state index contributed by atoms with van der Waals surface area (Å²) in [6.07, 6.45) is 1.42. The van der Waals surface area contributed by atoms with Crippen LogP contribution in [0.4, 0.5) is 14.5 Å². The summed E-state index contributed by atoms with van der Waals surface area (Å²) >= 11 is 0. The van der Waals surface area contributed by atoms with Gasteiger partial charge < -0.3 is 14.6 Å². The third-order valence-corrected chi connectivity index (χ3v) is 4.05. The number of benzene rings is 2. The number of amides is 1.